The van der Waals surface area contributed by atoms with Crippen molar-refractivity contribution in [1.29, 1.82) is 0 Å². The minimum absolute atomic E-state index is 0.218. The Labute approximate surface area is 161 Å². The summed E-state index contributed by atoms with van der Waals surface area (Å²) >= 11 is 0. The third-order valence-corrected chi connectivity index (χ3v) is 4.26. The minimum atomic E-state index is -1.61. The fourth-order valence-electron chi connectivity index (χ4n) is 2.87. The summed E-state index contributed by atoms with van der Waals surface area (Å²) in [6, 6.07) is 19.3. The molecule has 5 nitrogen and oxygen atoms in total. The molecule has 2 atom stereocenters. The molecule has 0 radical (unpaired) electrons. The first-order chi connectivity index (χ1) is 13.0. The number of hydrogen-bond acceptors (Lipinski definition) is 4. The van der Waals surface area contributed by atoms with Gasteiger partial charge in [-0.25, -0.2) is 0 Å². The molecule has 2 aromatic carbocycles. The largest absolute Gasteiger partial charge is 0.475 e. The first kappa shape index (κ1) is 21.2. The van der Waals surface area contributed by atoms with Gasteiger partial charge in [0.15, 0.2) is 0 Å². The van der Waals surface area contributed by atoms with E-state index in [1.165, 1.54) is 0 Å². The number of carbonyl (C=O) groups excluding carboxylic acids is 1. The monoisotopic (exact) mass is 369 g/mol. The van der Waals surface area contributed by atoms with Gasteiger partial charge in [0.1, 0.15) is 6.10 Å². The Balaban J connectivity index is 2.08. The highest BCUT2D eigenvalue weighted by Crippen LogP contribution is 2.12. The summed E-state index contributed by atoms with van der Waals surface area (Å²) < 4.78 is 5.90. The van der Waals surface area contributed by atoms with E-state index in [2.05, 4.69) is 5.32 Å². The predicted molar refractivity (Wildman–Crippen MR) is 107 cm³/mol. The summed E-state index contributed by atoms with van der Waals surface area (Å²) in [5.41, 5.74) is 1.96. The smallest absolute Gasteiger partial charge is 0.426 e. The van der Waals surface area contributed by atoms with Gasteiger partial charge in [-0.2, -0.15) is 0 Å². The molecule has 0 aliphatic carbocycles. The number of benzene rings is 2. The molecule has 0 heterocycles. The topological polar surface area (TPSA) is 78.8 Å². The Morgan fingerprint density at radius 2 is 1.56 bits per heavy atom. The summed E-state index contributed by atoms with van der Waals surface area (Å²) in [6.07, 6.45) is 0.163. The van der Waals surface area contributed by atoms with Gasteiger partial charge in [-0.15, -0.1) is 0 Å². The lowest BCUT2D eigenvalue weighted by Crippen LogP contribution is -2.51. The van der Waals surface area contributed by atoms with E-state index in [0.717, 1.165) is 11.1 Å². The number of nitrogens with one attached hydrogen (secondary N) is 1. The minimum Gasteiger partial charge on any atom is -0.426 e. The van der Waals surface area contributed by atoms with Gasteiger partial charge >= 0.3 is 7.12 Å². The summed E-state index contributed by atoms with van der Waals surface area (Å²) in [7, 11) is -1.61. The second kappa shape index (κ2) is 10.9. The second-order valence-electron chi connectivity index (χ2n) is 7.13. The van der Waals surface area contributed by atoms with Crippen LogP contribution in [-0.4, -0.2) is 35.1 Å². The maximum Gasteiger partial charge on any atom is 0.475 e. The SMILES string of the molecule is CC(C)C[C@H](NC(=O)[C@H](Cc1ccccc1)OCc1ccccc1)B(O)O. The molecule has 27 heavy (non-hydrogen) atoms. The first-order valence-corrected chi connectivity index (χ1v) is 9.31. The van der Waals surface area contributed by atoms with Crippen molar-refractivity contribution in [3.05, 3.63) is 71.8 Å². The van der Waals surface area contributed by atoms with E-state index >= 15 is 0 Å². The molecular weight excluding hydrogens is 341 g/mol. The zero-order valence-electron chi connectivity index (χ0n) is 15.9. The molecule has 6 heteroatoms. The average molecular weight is 369 g/mol. The van der Waals surface area contributed by atoms with Crippen LogP contribution < -0.4 is 5.32 Å². The van der Waals surface area contributed by atoms with Gasteiger partial charge in [0, 0.05) is 6.42 Å². The number of carbonyl (C=O) groups is 1. The lowest BCUT2D eigenvalue weighted by atomic mass is 9.75. The van der Waals surface area contributed by atoms with Crippen molar-refractivity contribution < 1.29 is 19.6 Å². The average Bonchev–Trinajstić information content (AvgIpc) is 2.65. The molecule has 2 rings (SSSR count). The van der Waals surface area contributed by atoms with Crippen LogP contribution in [0.2, 0.25) is 0 Å². The van der Waals surface area contributed by atoms with Crippen LogP contribution in [-0.2, 0) is 22.6 Å². The van der Waals surface area contributed by atoms with E-state index in [-0.39, 0.29) is 11.8 Å². The zero-order valence-corrected chi connectivity index (χ0v) is 15.9. The highest BCUT2D eigenvalue weighted by Gasteiger charge is 2.29. The Morgan fingerprint density at radius 3 is 2.07 bits per heavy atom. The quantitative estimate of drug-likeness (QED) is 0.562. The standard InChI is InChI=1S/C21H28BNO4/c1-16(2)13-20(22(25)26)23-21(24)19(14-17-9-5-3-6-10-17)27-15-18-11-7-4-8-12-18/h3-12,16,19-20,25-26H,13-15H2,1-2H3,(H,23,24)/t19-,20-/m0/s1. The Bertz CT molecular complexity index is 679. The third-order valence-electron chi connectivity index (χ3n) is 4.26. The maximum absolute atomic E-state index is 12.8. The molecule has 0 aliphatic heterocycles. The van der Waals surface area contributed by atoms with E-state index in [9.17, 15) is 14.8 Å². The highest BCUT2D eigenvalue weighted by molar-refractivity contribution is 6.43. The van der Waals surface area contributed by atoms with Gasteiger partial charge in [-0.3, -0.25) is 4.79 Å². The van der Waals surface area contributed by atoms with Crippen molar-refractivity contribution in [2.75, 3.05) is 0 Å². The van der Waals surface area contributed by atoms with Crippen molar-refractivity contribution in [1.82, 2.24) is 5.32 Å². The van der Waals surface area contributed by atoms with Gasteiger partial charge in [-0.1, -0.05) is 74.5 Å². The van der Waals surface area contributed by atoms with Crippen LogP contribution >= 0.6 is 0 Å². The van der Waals surface area contributed by atoms with Crippen LogP contribution in [0.15, 0.2) is 60.7 Å². The summed E-state index contributed by atoms with van der Waals surface area (Å²) in [6.45, 7) is 4.24. The van der Waals surface area contributed by atoms with Crippen LogP contribution in [0.4, 0.5) is 0 Å². The number of rotatable bonds is 10. The third kappa shape index (κ3) is 7.55. The van der Waals surface area contributed by atoms with Crippen LogP contribution in [0.25, 0.3) is 0 Å². The predicted octanol–water partition coefficient (Wildman–Crippen LogP) is 2.36. The van der Waals surface area contributed by atoms with Gasteiger partial charge in [0.2, 0.25) is 5.91 Å². The van der Waals surface area contributed by atoms with Crippen LogP contribution in [0.5, 0.6) is 0 Å². The van der Waals surface area contributed by atoms with Gasteiger partial charge in [-0.05, 0) is 23.5 Å². The maximum atomic E-state index is 12.8. The van der Waals surface area contributed by atoms with E-state index in [1.807, 2.05) is 74.5 Å². The fourth-order valence-corrected chi connectivity index (χ4v) is 2.87. The molecule has 0 aromatic heterocycles. The number of ether oxygens (including phenoxy) is 1. The molecule has 0 unspecified atom stereocenters. The molecule has 0 fully saturated rings. The molecule has 0 bridgehead atoms. The van der Waals surface area contributed by atoms with Gasteiger partial charge in [0.25, 0.3) is 0 Å². The molecule has 0 aliphatic rings. The zero-order chi connectivity index (χ0) is 19.6. The summed E-state index contributed by atoms with van der Waals surface area (Å²) in [5, 5.41) is 21.9. The Kier molecular flexibility index (Phi) is 8.52. The molecular formula is C21H28BNO4. The molecule has 1 amide bonds. The van der Waals surface area contributed by atoms with E-state index < -0.39 is 19.2 Å². The van der Waals surface area contributed by atoms with E-state index in [4.69, 9.17) is 4.74 Å². The second-order valence-corrected chi connectivity index (χ2v) is 7.13. The Morgan fingerprint density at radius 1 is 1.00 bits per heavy atom. The van der Waals surface area contributed by atoms with Crippen LogP contribution in [0.3, 0.4) is 0 Å². The summed E-state index contributed by atoms with van der Waals surface area (Å²) in [4.78, 5) is 12.8. The lowest BCUT2D eigenvalue weighted by Gasteiger charge is -2.24. The van der Waals surface area contributed by atoms with Crippen LogP contribution in [0.1, 0.15) is 31.4 Å². The highest BCUT2D eigenvalue weighted by atomic mass is 16.5. The fraction of sp³-hybridized carbons (Fsp3) is 0.381. The molecule has 3 N–H and O–H groups in total. The van der Waals surface area contributed by atoms with Crippen molar-refractivity contribution in [3.63, 3.8) is 0 Å². The van der Waals surface area contributed by atoms with Gasteiger partial charge in [0.05, 0.1) is 12.5 Å². The summed E-state index contributed by atoms with van der Waals surface area (Å²) in [5.74, 6) is -0.848. The van der Waals surface area contributed by atoms with Crippen molar-refractivity contribution >= 4 is 13.0 Å². The van der Waals surface area contributed by atoms with Crippen LogP contribution in [0, 0.1) is 5.92 Å². The van der Waals surface area contributed by atoms with Crippen molar-refractivity contribution in [2.24, 2.45) is 5.92 Å². The molecule has 0 saturated carbocycles. The molecule has 144 valence electrons. The molecule has 0 saturated heterocycles. The van der Waals surface area contributed by atoms with E-state index in [1.54, 1.807) is 0 Å². The number of amides is 1. The normalized spacial score (nSPS) is 13.2. The first-order valence-electron chi connectivity index (χ1n) is 9.31. The van der Waals surface area contributed by atoms with Crippen molar-refractivity contribution in [3.8, 4) is 0 Å². The molecule has 2 aromatic rings. The van der Waals surface area contributed by atoms with E-state index in [0.29, 0.717) is 19.4 Å². The lowest BCUT2D eigenvalue weighted by molar-refractivity contribution is -0.134. The number of hydrogen-bond donors (Lipinski definition) is 3. The Hall–Kier alpha value is -2.15. The van der Waals surface area contributed by atoms with Gasteiger partial charge < -0.3 is 20.1 Å². The molecule has 0 spiro atoms. The van der Waals surface area contributed by atoms with Crippen molar-refractivity contribution in [2.45, 2.75) is 45.3 Å².